The summed E-state index contributed by atoms with van der Waals surface area (Å²) in [5, 5.41) is 8.68. The first kappa shape index (κ1) is 19.3. The second-order valence-corrected chi connectivity index (χ2v) is 6.38. The lowest BCUT2D eigenvalue weighted by molar-refractivity contribution is 0.215. The number of anilines is 3. The lowest BCUT2D eigenvalue weighted by Gasteiger charge is -2.12. The molecule has 3 aromatic carbocycles. The molecule has 3 aromatic rings. The average molecular weight is 396 g/mol. The summed E-state index contributed by atoms with van der Waals surface area (Å²) in [6.45, 7) is 1.84. The molecule has 0 aliphatic rings. The van der Waals surface area contributed by atoms with Gasteiger partial charge in [-0.05, 0) is 61.0 Å². The highest BCUT2D eigenvalue weighted by Crippen LogP contribution is 2.22. The molecule has 0 spiro atoms. The molecule has 3 rings (SSSR count). The molecule has 0 atom stereocenters. The van der Waals surface area contributed by atoms with Gasteiger partial charge in [0.05, 0.1) is 0 Å². The van der Waals surface area contributed by atoms with Crippen molar-refractivity contribution in [3.63, 3.8) is 0 Å². The van der Waals surface area contributed by atoms with Crippen molar-refractivity contribution in [2.75, 3.05) is 16.0 Å². The summed E-state index contributed by atoms with van der Waals surface area (Å²) < 4.78 is 5.22. The van der Waals surface area contributed by atoms with Crippen molar-refractivity contribution in [2.24, 2.45) is 0 Å². The Morgan fingerprint density at radius 1 is 0.821 bits per heavy atom. The molecule has 0 fully saturated rings. The molecule has 0 unspecified atom stereocenters. The number of ether oxygens (including phenoxy) is 1. The molecule has 7 heteroatoms. The van der Waals surface area contributed by atoms with Crippen LogP contribution in [0, 0.1) is 6.92 Å². The van der Waals surface area contributed by atoms with Crippen molar-refractivity contribution in [3.05, 3.63) is 83.4 Å². The van der Waals surface area contributed by atoms with Gasteiger partial charge in [0.15, 0.2) is 0 Å². The predicted octanol–water partition coefficient (Wildman–Crippen LogP) is 5.90. The molecule has 0 aliphatic carbocycles. The van der Waals surface area contributed by atoms with Gasteiger partial charge in [-0.1, -0.05) is 35.9 Å². The van der Waals surface area contributed by atoms with Gasteiger partial charge < -0.3 is 15.4 Å². The van der Waals surface area contributed by atoms with Gasteiger partial charge in [0.1, 0.15) is 5.75 Å². The van der Waals surface area contributed by atoms with E-state index in [4.69, 9.17) is 16.3 Å². The van der Waals surface area contributed by atoms with Crippen LogP contribution in [0.4, 0.5) is 26.7 Å². The molecule has 0 heterocycles. The van der Waals surface area contributed by atoms with Crippen LogP contribution in [0.25, 0.3) is 0 Å². The van der Waals surface area contributed by atoms with E-state index < -0.39 is 6.09 Å². The summed E-state index contributed by atoms with van der Waals surface area (Å²) in [7, 11) is 0. The first-order chi connectivity index (χ1) is 13.5. The number of para-hydroxylation sites is 1. The summed E-state index contributed by atoms with van der Waals surface area (Å²) in [6, 6.07) is 20.4. The van der Waals surface area contributed by atoms with Crippen molar-refractivity contribution in [1.29, 1.82) is 0 Å². The summed E-state index contributed by atoms with van der Waals surface area (Å²) in [6.07, 6.45) is -0.642. The van der Waals surface area contributed by atoms with Crippen LogP contribution in [0.1, 0.15) is 5.56 Å². The molecule has 6 nitrogen and oxygen atoms in total. The smallest absolute Gasteiger partial charge is 0.410 e. The van der Waals surface area contributed by atoms with Crippen molar-refractivity contribution in [2.45, 2.75) is 6.92 Å². The van der Waals surface area contributed by atoms with Crippen molar-refractivity contribution in [3.8, 4) is 5.75 Å². The summed E-state index contributed by atoms with van der Waals surface area (Å²) in [5.41, 5.74) is 2.55. The molecule has 3 amide bonds. The van der Waals surface area contributed by atoms with Gasteiger partial charge in [0.25, 0.3) is 0 Å². The first-order valence-corrected chi connectivity index (χ1v) is 8.85. The van der Waals surface area contributed by atoms with Gasteiger partial charge in [-0.15, -0.1) is 0 Å². The van der Waals surface area contributed by atoms with E-state index in [0.29, 0.717) is 27.8 Å². The number of aryl methyl sites for hydroxylation is 1. The quantitative estimate of drug-likeness (QED) is 0.514. The number of hydrogen-bond donors (Lipinski definition) is 3. The Hall–Kier alpha value is -3.51. The standard InChI is InChI=1S/C21H18ClN3O3/c1-14-7-10-17(24-20(26)23-16-5-3-2-4-6-16)13-19(14)25-21(27)28-18-11-8-15(22)9-12-18/h2-13H,1H3,(H,25,27)(H2,23,24,26). The van der Waals surface area contributed by atoms with Crippen LogP contribution in [0.15, 0.2) is 72.8 Å². The van der Waals surface area contributed by atoms with E-state index in [2.05, 4.69) is 16.0 Å². The number of benzene rings is 3. The number of carbonyl (C=O) groups excluding carboxylic acids is 2. The zero-order valence-corrected chi connectivity index (χ0v) is 15.8. The van der Waals surface area contributed by atoms with Crippen LogP contribution in [0.5, 0.6) is 5.75 Å². The SMILES string of the molecule is Cc1ccc(NC(=O)Nc2ccccc2)cc1NC(=O)Oc1ccc(Cl)cc1. The zero-order valence-electron chi connectivity index (χ0n) is 15.0. The third kappa shape index (κ3) is 5.49. The van der Waals surface area contributed by atoms with E-state index in [-0.39, 0.29) is 6.03 Å². The average Bonchev–Trinajstić information content (AvgIpc) is 2.67. The maximum atomic E-state index is 12.1. The number of hydrogen-bond acceptors (Lipinski definition) is 3. The molecule has 0 radical (unpaired) electrons. The van der Waals surface area contributed by atoms with Crippen molar-refractivity contribution in [1.82, 2.24) is 0 Å². The van der Waals surface area contributed by atoms with Gasteiger partial charge in [0, 0.05) is 22.1 Å². The van der Waals surface area contributed by atoms with Crippen LogP contribution >= 0.6 is 11.6 Å². The number of urea groups is 1. The molecule has 0 saturated heterocycles. The van der Waals surface area contributed by atoms with E-state index in [0.717, 1.165) is 5.56 Å². The molecular formula is C21H18ClN3O3. The van der Waals surface area contributed by atoms with Crippen molar-refractivity contribution < 1.29 is 14.3 Å². The van der Waals surface area contributed by atoms with Gasteiger partial charge >= 0.3 is 12.1 Å². The predicted molar refractivity (Wildman–Crippen MR) is 111 cm³/mol. The highest BCUT2D eigenvalue weighted by atomic mass is 35.5. The van der Waals surface area contributed by atoms with Crippen LogP contribution in [-0.2, 0) is 0 Å². The summed E-state index contributed by atoms with van der Waals surface area (Å²) in [4.78, 5) is 24.3. The number of halogens is 1. The minimum Gasteiger partial charge on any atom is -0.410 e. The van der Waals surface area contributed by atoms with E-state index in [1.807, 2.05) is 25.1 Å². The molecule has 3 N–H and O–H groups in total. The summed E-state index contributed by atoms with van der Waals surface area (Å²) >= 11 is 5.81. The third-order valence-electron chi connectivity index (χ3n) is 3.79. The fourth-order valence-corrected chi connectivity index (χ4v) is 2.52. The van der Waals surface area contributed by atoms with Crippen molar-refractivity contribution >= 4 is 40.8 Å². The molecule has 142 valence electrons. The molecule has 0 aromatic heterocycles. The molecule has 28 heavy (non-hydrogen) atoms. The lowest BCUT2D eigenvalue weighted by atomic mass is 10.2. The van der Waals surface area contributed by atoms with Crippen LogP contribution in [0.2, 0.25) is 5.02 Å². The maximum absolute atomic E-state index is 12.1. The van der Waals surface area contributed by atoms with Gasteiger partial charge in [-0.25, -0.2) is 9.59 Å². The second-order valence-electron chi connectivity index (χ2n) is 5.94. The number of amides is 3. The second kappa shape index (κ2) is 8.92. The van der Waals surface area contributed by atoms with Crippen LogP contribution in [0.3, 0.4) is 0 Å². The van der Waals surface area contributed by atoms with E-state index in [9.17, 15) is 9.59 Å². The Labute approximate surface area is 167 Å². The molecule has 0 aliphatic heterocycles. The summed E-state index contributed by atoms with van der Waals surface area (Å²) in [5.74, 6) is 0.371. The Morgan fingerprint density at radius 3 is 2.21 bits per heavy atom. The number of rotatable bonds is 4. The number of nitrogens with one attached hydrogen (secondary N) is 3. The molecule has 0 bridgehead atoms. The highest BCUT2D eigenvalue weighted by Gasteiger charge is 2.10. The largest absolute Gasteiger partial charge is 0.417 e. The lowest BCUT2D eigenvalue weighted by Crippen LogP contribution is -2.20. The van der Waals surface area contributed by atoms with Gasteiger partial charge in [0.2, 0.25) is 0 Å². The number of carbonyl (C=O) groups is 2. The minimum absolute atomic E-state index is 0.371. The third-order valence-corrected chi connectivity index (χ3v) is 4.04. The normalized spacial score (nSPS) is 10.1. The molecular weight excluding hydrogens is 378 g/mol. The topological polar surface area (TPSA) is 79.5 Å². The Balaban J connectivity index is 1.63. The van der Waals surface area contributed by atoms with E-state index >= 15 is 0 Å². The minimum atomic E-state index is -0.642. The Bertz CT molecular complexity index is 976. The Morgan fingerprint density at radius 2 is 1.50 bits per heavy atom. The molecule has 0 saturated carbocycles. The Kier molecular flexibility index (Phi) is 6.14. The van der Waals surface area contributed by atoms with Gasteiger partial charge in [-0.2, -0.15) is 0 Å². The fourth-order valence-electron chi connectivity index (χ4n) is 2.39. The van der Waals surface area contributed by atoms with Gasteiger partial charge in [-0.3, -0.25) is 5.32 Å². The fraction of sp³-hybridized carbons (Fsp3) is 0.0476. The van der Waals surface area contributed by atoms with Crippen LogP contribution in [-0.4, -0.2) is 12.1 Å². The highest BCUT2D eigenvalue weighted by molar-refractivity contribution is 6.30. The van der Waals surface area contributed by atoms with Crippen LogP contribution < -0.4 is 20.7 Å². The monoisotopic (exact) mass is 395 g/mol. The first-order valence-electron chi connectivity index (χ1n) is 8.48. The van der Waals surface area contributed by atoms with E-state index in [1.54, 1.807) is 54.6 Å². The maximum Gasteiger partial charge on any atom is 0.417 e. The zero-order chi connectivity index (χ0) is 19.9. The van der Waals surface area contributed by atoms with E-state index in [1.165, 1.54) is 0 Å².